The maximum Gasteiger partial charge on any atom is 0.280 e. The van der Waals surface area contributed by atoms with Crippen LogP contribution in [0.3, 0.4) is 0 Å². The summed E-state index contributed by atoms with van der Waals surface area (Å²) in [5.74, 6) is 0.523. The lowest BCUT2D eigenvalue weighted by Gasteiger charge is -2.29. The summed E-state index contributed by atoms with van der Waals surface area (Å²) in [5, 5.41) is 62.6. The summed E-state index contributed by atoms with van der Waals surface area (Å²) < 4.78 is 0. The summed E-state index contributed by atoms with van der Waals surface area (Å²) in [4.78, 5) is 65.1. The van der Waals surface area contributed by atoms with Gasteiger partial charge in [0.05, 0.1) is 54.1 Å². The average Bonchev–Trinajstić information content (AvgIpc) is 3.07. The second kappa shape index (κ2) is 16.0. The van der Waals surface area contributed by atoms with Gasteiger partial charge in [-0.1, -0.05) is 0 Å². The lowest BCUT2D eigenvalue weighted by Crippen LogP contribution is -2.41. The zero-order valence-electron chi connectivity index (χ0n) is 27.6. The summed E-state index contributed by atoms with van der Waals surface area (Å²) >= 11 is 0. The number of aromatic amines is 3. The molecule has 6 heterocycles. The Labute approximate surface area is 286 Å². The number of aliphatic hydroxyl groups excluding tert-OH is 6. The van der Waals surface area contributed by atoms with Crippen molar-refractivity contribution in [1.29, 1.82) is 0 Å². The van der Waals surface area contributed by atoms with Crippen molar-refractivity contribution >= 4 is 52.0 Å². The number of aliphatic hydroxyl groups is 6. The predicted molar refractivity (Wildman–Crippen MR) is 184 cm³/mol. The molecule has 0 fully saturated rings. The smallest absolute Gasteiger partial charge is 0.280 e. The van der Waals surface area contributed by atoms with Crippen molar-refractivity contribution in [3.8, 4) is 0 Å². The molecule has 0 saturated heterocycles. The summed E-state index contributed by atoms with van der Waals surface area (Å²) in [7, 11) is 0. The Bertz CT molecular complexity index is 2060. The van der Waals surface area contributed by atoms with Gasteiger partial charge in [-0.2, -0.15) is 15.0 Å². The number of nitrogen functional groups attached to an aromatic ring is 3. The van der Waals surface area contributed by atoms with Crippen molar-refractivity contribution in [2.45, 2.75) is 63.8 Å². The lowest BCUT2D eigenvalue weighted by atomic mass is 9.89. The Kier molecular flexibility index (Phi) is 12.0. The highest BCUT2D eigenvalue weighted by molar-refractivity contribution is 5.97. The number of nitrogens with one attached hydrogen (secondary N) is 5. The molecule has 0 aliphatic carbocycles. The van der Waals surface area contributed by atoms with Gasteiger partial charge in [-0.15, -0.1) is 0 Å². The molecular formula is C28H40N14O9. The minimum absolute atomic E-state index is 0.00373. The number of nitrogens with zero attached hydrogens (tertiary/aromatic N) is 6. The predicted octanol–water partition coefficient (Wildman–Crippen LogP) is -4.02. The molecule has 4 aromatic rings. The average molecular weight is 717 g/mol. The summed E-state index contributed by atoms with van der Waals surface area (Å²) in [6.45, 7) is 5.02. The number of fused-ring (bicyclic) bond motifs is 3. The highest BCUT2D eigenvalue weighted by atomic mass is 16.3. The molecule has 0 aromatic carbocycles. The Morgan fingerprint density at radius 1 is 0.725 bits per heavy atom. The van der Waals surface area contributed by atoms with Gasteiger partial charge >= 0.3 is 0 Å². The first kappa shape index (κ1) is 38.2. The molecule has 17 N–H and O–H groups in total. The van der Waals surface area contributed by atoms with Crippen molar-refractivity contribution in [3.63, 3.8) is 0 Å². The van der Waals surface area contributed by atoms with E-state index in [0.717, 1.165) is 0 Å². The molecule has 51 heavy (non-hydrogen) atoms. The minimum atomic E-state index is -1.20. The van der Waals surface area contributed by atoms with E-state index in [-0.39, 0.29) is 69.9 Å². The second-order valence-electron chi connectivity index (χ2n) is 11.7. The van der Waals surface area contributed by atoms with Crippen molar-refractivity contribution in [2.24, 2.45) is 10.9 Å². The van der Waals surface area contributed by atoms with E-state index in [1.54, 1.807) is 0 Å². The highest BCUT2D eigenvalue weighted by Gasteiger charge is 2.30. The van der Waals surface area contributed by atoms with Crippen LogP contribution in [-0.2, 0) is 6.42 Å². The monoisotopic (exact) mass is 716 g/mol. The van der Waals surface area contributed by atoms with Gasteiger partial charge in [0.1, 0.15) is 18.0 Å². The maximum atomic E-state index is 11.7. The number of aromatic nitrogens is 8. The minimum Gasteiger partial charge on any atom is -0.391 e. The van der Waals surface area contributed by atoms with E-state index in [0.29, 0.717) is 24.3 Å². The third kappa shape index (κ3) is 9.15. The number of H-pyrrole nitrogens is 3. The normalized spacial score (nSPS) is 18.3. The molecule has 0 amide bonds. The first-order valence-electron chi connectivity index (χ1n) is 15.4. The van der Waals surface area contributed by atoms with Crippen molar-refractivity contribution in [2.75, 3.05) is 40.9 Å². The van der Waals surface area contributed by atoms with E-state index in [1.807, 2.05) is 0 Å². The van der Waals surface area contributed by atoms with E-state index in [4.69, 9.17) is 17.2 Å². The number of aliphatic imine (C=N–C) groups is 1. The largest absolute Gasteiger partial charge is 0.391 e. The van der Waals surface area contributed by atoms with E-state index >= 15 is 0 Å². The van der Waals surface area contributed by atoms with E-state index in [1.165, 1.54) is 27.0 Å². The number of hydrogen-bond donors (Lipinski definition) is 14. The Hall–Kier alpha value is -5.59. The zero-order valence-corrected chi connectivity index (χ0v) is 27.6. The van der Waals surface area contributed by atoms with Crippen LogP contribution in [0.5, 0.6) is 0 Å². The van der Waals surface area contributed by atoms with Gasteiger partial charge in [-0.05, 0) is 27.2 Å². The molecule has 0 saturated carbocycles. The molecule has 23 nitrogen and oxygen atoms in total. The molecule has 276 valence electrons. The van der Waals surface area contributed by atoms with Crippen LogP contribution in [0.15, 0.2) is 25.6 Å². The quantitative estimate of drug-likeness (QED) is 0.0903. The molecule has 0 spiro atoms. The van der Waals surface area contributed by atoms with Crippen LogP contribution in [0, 0.1) is 5.92 Å². The topological polar surface area (TPSA) is 399 Å². The van der Waals surface area contributed by atoms with Crippen LogP contribution in [0.2, 0.25) is 0 Å². The second-order valence-corrected chi connectivity index (χ2v) is 11.7. The fraction of sp³-hybridized carbons (Fsp3) is 0.464. The first-order valence-corrected chi connectivity index (χ1v) is 15.4. The van der Waals surface area contributed by atoms with Crippen LogP contribution < -0.4 is 44.5 Å². The van der Waals surface area contributed by atoms with Crippen molar-refractivity contribution < 1.29 is 30.6 Å². The van der Waals surface area contributed by atoms with Crippen molar-refractivity contribution in [1.82, 2.24) is 39.9 Å². The van der Waals surface area contributed by atoms with Crippen LogP contribution in [0.4, 0.5) is 35.2 Å². The first-order chi connectivity index (χ1) is 24.0. The molecule has 2 aliphatic rings. The number of hydrogen-bond acceptors (Lipinski definition) is 20. The van der Waals surface area contributed by atoms with Crippen LogP contribution >= 0.6 is 0 Å². The number of nitrogens with two attached hydrogens (primary N) is 3. The third-order valence-corrected chi connectivity index (χ3v) is 7.63. The summed E-state index contributed by atoms with van der Waals surface area (Å²) in [5.41, 5.74) is 15.8. The van der Waals surface area contributed by atoms with Gasteiger partial charge in [0.2, 0.25) is 17.8 Å². The van der Waals surface area contributed by atoms with Crippen LogP contribution in [0.1, 0.15) is 38.1 Å². The lowest BCUT2D eigenvalue weighted by molar-refractivity contribution is -0.00446. The highest BCUT2D eigenvalue weighted by Crippen LogP contribution is 2.24. The molecule has 23 heteroatoms. The van der Waals surface area contributed by atoms with E-state index in [2.05, 4.69) is 55.5 Å². The maximum absolute atomic E-state index is 11.7. The molecule has 0 bridgehead atoms. The van der Waals surface area contributed by atoms with Gasteiger partial charge in [0.15, 0.2) is 22.7 Å². The molecule has 0 radical (unpaired) electrons. The molecular weight excluding hydrogens is 676 g/mol. The van der Waals surface area contributed by atoms with Crippen LogP contribution in [0.25, 0.3) is 11.2 Å². The van der Waals surface area contributed by atoms with E-state index in [9.17, 15) is 45.0 Å². The fourth-order valence-electron chi connectivity index (χ4n) is 4.90. The Balaban J connectivity index is 0.000000172. The fourth-order valence-corrected chi connectivity index (χ4v) is 4.90. The van der Waals surface area contributed by atoms with E-state index < -0.39 is 47.7 Å². The molecule has 4 aromatic heterocycles. The SMILES string of the molecule is CC(O)C(O)C1=Nc2c(nc(N)[nH]c2=O)NC1.CC(O)C(O)c1cnc2nc(N)[nH]c(=O)c2n1.C[C@H](O)[C@H](O)[C@H]1CNc2nc(N)[nH]c(=O)c2C1. The molecule has 6 rings (SSSR count). The Morgan fingerprint density at radius 2 is 1.31 bits per heavy atom. The van der Waals surface area contributed by atoms with Gasteiger partial charge in [-0.3, -0.25) is 29.3 Å². The zero-order chi connectivity index (χ0) is 37.7. The van der Waals surface area contributed by atoms with Crippen LogP contribution in [-0.4, -0.2) is 120 Å². The third-order valence-electron chi connectivity index (χ3n) is 7.63. The van der Waals surface area contributed by atoms with Gasteiger partial charge in [-0.25, -0.2) is 15.0 Å². The summed E-state index contributed by atoms with van der Waals surface area (Å²) in [6.07, 6.45) is -4.38. The summed E-state index contributed by atoms with van der Waals surface area (Å²) in [6, 6.07) is 0. The molecule has 4 unspecified atom stereocenters. The molecule has 2 aliphatic heterocycles. The number of rotatable bonds is 6. The van der Waals surface area contributed by atoms with Gasteiger partial charge in [0.25, 0.3) is 16.7 Å². The Morgan fingerprint density at radius 3 is 1.94 bits per heavy atom. The van der Waals surface area contributed by atoms with Gasteiger partial charge < -0.3 is 58.5 Å². The standard InChI is InChI=1S/C10H16N4O3.C9H13N5O3.C9H11N5O3/c1-4(15)7(16)5-2-6-8(12-3-5)13-10(11)14-9(6)17;2*1-3(15)6(16)4-2-11-7-5(12-4)8(17)14-9(10)13-7/h4-5,7,15-16H,2-3H2,1H3,(H4,11,12,13,14,17);3,6,15-16H,2H2,1H3,(H4,10,11,13,14,17);2-3,6,15-16H,1H3,(H3,10,11,13,14,17)/t4-,5+,7-;;/m0../s1. The van der Waals surface area contributed by atoms with Crippen molar-refractivity contribution in [3.05, 3.63) is 48.5 Å². The molecule has 7 atom stereocenters. The number of anilines is 5. The van der Waals surface area contributed by atoms with Gasteiger partial charge in [0, 0.05) is 12.5 Å².